The molecule has 0 aliphatic heterocycles. The zero-order chi connectivity index (χ0) is 11.9. The lowest BCUT2D eigenvalue weighted by molar-refractivity contribution is 0.276. The van der Waals surface area contributed by atoms with Crippen LogP contribution in [0.15, 0.2) is 0 Å². The Labute approximate surface area is 103 Å². The van der Waals surface area contributed by atoms with Gasteiger partial charge in [0, 0.05) is 11.0 Å². The van der Waals surface area contributed by atoms with Crippen molar-refractivity contribution in [3.63, 3.8) is 0 Å². The molecule has 0 fully saturated rings. The molecule has 15 heavy (non-hydrogen) atoms. The van der Waals surface area contributed by atoms with Crippen molar-refractivity contribution in [1.29, 1.82) is 0 Å². The largest absolute Gasteiger partial charge is 0.274 e. The van der Waals surface area contributed by atoms with E-state index in [1.807, 2.05) is 0 Å². The van der Waals surface area contributed by atoms with Crippen LogP contribution < -0.4 is 0 Å². The van der Waals surface area contributed by atoms with Gasteiger partial charge in [0.05, 0.1) is 0 Å². The first-order valence-corrected chi connectivity index (χ1v) is 7.59. The second kappa shape index (κ2) is 7.61. The summed E-state index contributed by atoms with van der Waals surface area (Å²) in [4.78, 5) is 11.6. The first-order chi connectivity index (χ1) is 6.89. The molecule has 0 saturated heterocycles. The van der Waals surface area contributed by atoms with Gasteiger partial charge in [0.2, 0.25) is 4.45 Å². The highest BCUT2D eigenvalue weighted by Crippen LogP contribution is 2.28. The van der Waals surface area contributed by atoms with Crippen LogP contribution in [0.3, 0.4) is 0 Å². The van der Waals surface area contributed by atoms with Crippen LogP contribution in [0.2, 0.25) is 0 Å². The average Bonchev–Trinajstić information content (AvgIpc) is 2.12. The van der Waals surface area contributed by atoms with Crippen LogP contribution in [0.4, 0.5) is 4.79 Å². The third-order valence-corrected chi connectivity index (χ3v) is 4.72. The van der Waals surface area contributed by atoms with Crippen LogP contribution in [0.1, 0.15) is 53.9 Å². The molecule has 0 aliphatic carbocycles. The lowest BCUT2D eigenvalue weighted by atomic mass is 9.94. The molecule has 0 heterocycles. The van der Waals surface area contributed by atoms with E-state index in [9.17, 15) is 4.79 Å². The monoisotopic (exact) mass is 248 g/mol. The van der Waals surface area contributed by atoms with E-state index in [1.54, 1.807) is 0 Å². The van der Waals surface area contributed by atoms with Crippen molar-refractivity contribution in [2.75, 3.05) is 5.75 Å². The van der Waals surface area contributed by atoms with Crippen LogP contribution in [0.5, 0.6) is 0 Å². The second-order valence-corrected chi connectivity index (χ2v) is 7.56. The molecule has 0 aromatic heterocycles. The molecule has 0 atom stereocenters. The highest BCUT2D eigenvalue weighted by Gasteiger charge is 2.14. The first kappa shape index (κ1) is 15.4. The summed E-state index contributed by atoms with van der Waals surface area (Å²) < 4.78 is 0.299. The van der Waals surface area contributed by atoms with Crippen molar-refractivity contribution in [2.24, 2.45) is 5.41 Å². The van der Waals surface area contributed by atoms with Gasteiger partial charge in [0.25, 0.3) is 0 Å². The molecule has 0 aromatic carbocycles. The summed E-state index contributed by atoms with van der Waals surface area (Å²) in [6.45, 7) is 10.9. The van der Waals surface area contributed by atoms with Crippen molar-refractivity contribution in [3.8, 4) is 0 Å². The van der Waals surface area contributed by atoms with Crippen LogP contribution in [-0.4, -0.2) is 15.5 Å². The minimum absolute atomic E-state index is 0.299. The van der Waals surface area contributed by atoms with Gasteiger partial charge in [-0.15, -0.1) is 0 Å². The van der Waals surface area contributed by atoms with E-state index < -0.39 is 0 Å². The second-order valence-electron chi connectivity index (χ2n) is 4.97. The molecule has 0 radical (unpaired) electrons. The Hall–Kier alpha value is 0.370. The Kier molecular flexibility index (Phi) is 7.80. The molecule has 0 N–H and O–H groups in total. The number of rotatable bonds is 5. The van der Waals surface area contributed by atoms with E-state index in [1.165, 1.54) is 23.5 Å². The molecule has 3 heteroatoms. The standard InChI is InChI=1S/C12H24OS2/c1-6-10(7-2)15-11(13)14-9-8-12(3,4)5/h10H,6-9H2,1-5H3. The molecule has 0 bridgehead atoms. The summed E-state index contributed by atoms with van der Waals surface area (Å²) in [6.07, 6.45) is 3.28. The maximum Gasteiger partial charge on any atom is 0.246 e. The van der Waals surface area contributed by atoms with Gasteiger partial charge in [0.15, 0.2) is 0 Å². The summed E-state index contributed by atoms with van der Waals surface area (Å²) in [5.41, 5.74) is 0.340. The zero-order valence-corrected chi connectivity index (χ0v) is 12.3. The third-order valence-electron chi connectivity index (χ3n) is 2.25. The summed E-state index contributed by atoms with van der Waals surface area (Å²) >= 11 is 3.01. The van der Waals surface area contributed by atoms with E-state index in [0.717, 1.165) is 25.0 Å². The predicted molar refractivity (Wildman–Crippen MR) is 73.9 cm³/mol. The molecule has 0 aromatic rings. The van der Waals surface area contributed by atoms with Crippen molar-refractivity contribution in [2.45, 2.75) is 59.1 Å². The minimum atomic E-state index is 0.299. The van der Waals surface area contributed by atoms with Crippen molar-refractivity contribution >= 4 is 28.0 Å². The minimum Gasteiger partial charge on any atom is -0.274 e. The highest BCUT2D eigenvalue weighted by molar-refractivity contribution is 8.38. The number of thioether (sulfide) groups is 2. The summed E-state index contributed by atoms with van der Waals surface area (Å²) in [7, 11) is 0. The summed E-state index contributed by atoms with van der Waals surface area (Å²) in [5, 5.41) is 0.514. The van der Waals surface area contributed by atoms with Crippen molar-refractivity contribution in [3.05, 3.63) is 0 Å². The van der Waals surface area contributed by atoms with Gasteiger partial charge in [0.1, 0.15) is 0 Å². The fourth-order valence-corrected chi connectivity index (χ4v) is 3.48. The number of hydrogen-bond donors (Lipinski definition) is 0. The fraction of sp³-hybridized carbons (Fsp3) is 0.917. The Bertz CT molecular complexity index is 181. The molecule has 0 spiro atoms. The number of carbonyl (C=O) groups is 1. The first-order valence-electron chi connectivity index (χ1n) is 5.72. The lowest BCUT2D eigenvalue weighted by Gasteiger charge is -2.17. The van der Waals surface area contributed by atoms with Crippen LogP contribution >= 0.6 is 23.5 Å². The van der Waals surface area contributed by atoms with Gasteiger partial charge in [-0.25, -0.2) is 0 Å². The highest BCUT2D eigenvalue weighted by atomic mass is 32.2. The van der Waals surface area contributed by atoms with Gasteiger partial charge in [-0.05, 0) is 24.7 Å². The van der Waals surface area contributed by atoms with Crippen LogP contribution in [0.25, 0.3) is 0 Å². The predicted octanol–water partition coefficient (Wildman–Crippen LogP) is 5.20. The topological polar surface area (TPSA) is 17.1 Å². The van der Waals surface area contributed by atoms with Crippen molar-refractivity contribution < 1.29 is 4.79 Å². The Morgan fingerprint density at radius 3 is 2.13 bits per heavy atom. The quantitative estimate of drug-likeness (QED) is 0.666. The fourth-order valence-electron chi connectivity index (χ4n) is 1.07. The molecule has 90 valence electrons. The molecule has 0 saturated carbocycles. The number of hydrogen-bond acceptors (Lipinski definition) is 3. The maximum atomic E-state index is 11.6. The van der Waals surface area contributed by atoms with Crippen LogP contribution in [0, 0.1) is 5.41 Å². The number of carbonyl (C=O) groups excluding carboxylic acids is 1. The SMILES string of the molecule is CCC(CC)SC(=O)SCCC(C)(C)C. The average molecular weight is 248 g/mol. The third kappa shape index (κ3) is 9.31. The molecule has 1 nitrogen and oxygen atoms in total. The van der Waals surface area contributed by atoms with E-state index in [2.05, 4.69) is 34.6 Å². The normalized spacial score (nSPS) is 12.1. The Morgan fingerprint density at radius 1 is 1.20 bits per heavy atom. The molecule has 0 aliphatic rings. The summed E-state index contributed by atoms with van der Waals surface area (Å²) in [6, 6.07) is 0. The van der Waals surface area contributed by atoms with E-state index in [-0.39, 0.29) is 0 Å². The van der Waals surface area contributed by atoms with E-state index >= 15 is 0 Å². The van der Waals surface area contributed by atoms with E-state index in [0.29, 0.717) is 15.1 Å². The zero-order valence-electron chi connectivity index (χ0n) is 10.6. The Balaban J connectivity index is 3.66. The van der Waals surface area contributed by atoms with Gasteiger partial charge in [-0.3, -0.25) is 4.79 Å². The van der Waals surface area contributed by atoms with Gasteiger partial charge >= 0.3 is 0 Å². The molecular weight excluding hydrogens is 224 g/mol. The summed E-state index contributed by atoms with van der Waals surface area (Å²) in [5.74, 6) is 0.954. The van der Waals surface area contributed by atoms with Crippen LogP contribution in [-0.2, 0) is 0 Å². The van der Waals surface area contributed by atoms with Gasteiger partial charge in [-0.2, -0.15) is 0 Å². The van der Waals surface area contributed by atoms with Gasteiger partial charge < -0.3 is 0 Å². The maximum absolute atomic E-state index is 11.6. The Morgan fingerprint density at radius 2 is 1.73 bits per heavy atom. The molecule has 0 unspecified atom stereocenters. The molecule has 0 rings (SSSR count). The smallest absolute Gasteiger partial charge is 0.246 e. The van der Waals surface area contributed by atoms with Gasteiger partial charge in [-0.1, -0.05) is 58.1 Å². The molecular formula is C12H24OS2. The lowest BCUT2D eigenvalue weighted by Crippen LogP contribution is -2.07. The van der Waals surface area contributed by atoms with E-state index in [4.69, 9.17) is 0 Å². The van der Waals surface area contributed by atoms with Crippen molar-refractivity contribution in [1.82, 2.24) is 0 Å². The molecule has 0 amide bonds.